The average molecular weight is 1120 g/mol. The Morgan fingerprint density at radius 1 is 0.446 bits per heavy atom. The molecule has 4 aromatic carbocycles. The number of carboxylic acid groups (broad SMARTS) is 2. The molecule has 2 heterocycles. The molecule has 2 aromatic heterocycles. The molecule has 0 spiro atoms. The minimum absolute atomic E-state index is 0. The Labute approximate surface area is 395 Å². The number of aromatic amines is 2. The molecule has 353 valence electrons. The smallest absolute Gasteiger partial charge is 0.744 e. The van der Waals surface area contributed by atoms with Gasteiger partial charge in [-0.25, -0.2) is 52.6 Å². The molecule has 0 unspecified atom stereocenters. The molecule has 6 rings (SSSR count). The number of hydrogen-bond donors (Lipinski definition) is 4. The van der Waals surface area contributed by atoms with E-state index in [9.17, 15) is 81.3 Å². The molecule has 0 aliphatic carbocycles. The van der Waals surface area contributed by atoms with Crippen LogP contribution in [0.15, 0.2) is 147 Å². The van der Waals surface area contributed by atoms with Crippen molar-refractivity contribution >= 4 is 75.2 Å². The molecule has 6 aromatic rings. The van der Waals surface area contributed by atoms with E-state index >= 15 is 0 Å². The fourth-order valence-electron chi connectivity index (χ4n) is 4.80. The summed E-state index contributed by atoms with van der Waals surface area (Å²) in [4.78, 5) is 46.0. The van der Waals surface area contributed by atoms with E-state index in [1.54, 1.807) is 0 Å². The Kier molecular flexibility index (Phi) is 18.3. The molecule has 0 fully saturated rings. The van der Waals surface area contributed by atoms with Gasteiger partial charge >= 0.3 is 46.1 Å². The molecule has 0 bridgehead atoms. The number of aromatic nitrogens is 4. The van der Waals surface area contributed by atoms with E-state index in [0.29, 0.717) is 0 Å². The number of nitrogens with one attached hydrogen (secondary N) is 2. The van der Waals surface area contributed by atoms with Crippen molar-refractivity contribution in [3.63, 3.8) is 0 Å². The minimum atomic E-state index is -4.71. The molecule has 3 radical (unpaired) electrons. The van der Waals surface area contributed by atoms with Crippen molar-refractivity contribution in [1.29, 1.82) is 0 Å². The van der Waals surface area contributed by atoms with Crippen LogP contribution in [-0.2, 0) is 91.7 Å². The monoisotopic (exact) mass is 1120 g/mol. The van der Waals surface area contributed by atoms with Crippen molar-refractivity contribution in [3.05, 3.63) is 129 Å². The zero-order chi connectivity index (χ0) is 45.9. The standard InChI is InChI=1S/2C16H12N4O9S2.3Cu/c2*21-15-13(18-17-9-1-5-11(6-2-9)30(24,25)26)14(16(22)23)19-20(15)10-3-7-12(8-4-10)31(27,28)29;;;/h2*1-8,19H,(H,22,23)(H,24,25,26)(H,27,28,29);;;/q;;;2*+2/p-4. The van der Waals surface area contributed by atoms with Crippen LogP contribution >= 0.6 is 0 Å². The van der Waals surface area contributed by atoms with Crippen molar-refractivity contribution in [1.82, 2.24) is 19.6 Å². The summed E-state index contributed by atoms with van der Waals surface area (Å²) in [7, 11) is -18.8. The molecule has 0 aliphatic rings. The van der Waals surface area contributed by atoms with Crippen molar-refractivity contribution < 1.29 is 123 Å². The summed E-state index contributed by atoms with van der Waals surface area (Å²) in [5.74, 6) is -3.09. The van der Waals surface area contributed by atoms with Gasteiger partial charge in [0.15, 0.2) is 22.8 Å². The largest absolute Gasteiger partial charge is 2.00 e. The van der Waals surface area contributed by atoms with Crippen LogP contribution in [0, 0.1) is 0 Å². The molecule has 65 heavy (non-hydrogen) atoms. The van der Waals surface area contributed by atoms with E-state index in [4.69, 9.17) is 0 Å². The first-order chi connectivity index (χ1) is 28.8. The van der Waals surface area contributed by atoms with Crippen molar-refractivity contribution in [2.45, 2.75) is 19.6 Å². The molecular weight excluding hydrogens is 1100 g/mol. The molecule has 33 heteroatoms. The van der Waals surface area contributed by atoms with Gasteiger partial charge in [-0.1, -0.05) is 0 Å². The fourth-order valence-corrected chi connectivity index (χ4v) is 6.68. The summed E-state index contributed by atoms with van der Waals surface area (Å²) >= 11 is 0. The maximum absolute atomic E-state index is 12.6. The van der Waals surface area contributed by atoms with Gasteiger partial charge in [-0.2, -0.15) is 10.2 Å². The van der Waals surface area contributed by atoms with Gasteiger partial charge in [0.05, 0.1) is 42.3 Å². The van der Waals surface area contributed by atoms with Crippen LogP contribution < -0.4 is 11.1 Å². The van der Waals surface area contributed by atoms with Crippen LogP contribution in [0.4, 0.5) is 22.7 Å². The molecule has 0 saturated heterocycles. The third-order valence-corrected chi connectivity index (χ3v) is 11.1. The van der Waals surface area contributed by atoms with Crippen molar-refractivity contribution in [2.24, 2.45) is 20.5 Å². The maximum Gasteiger partial charge on any atom is 2.00 e. The van der Waals surface area contributed by atoms with E-state index < -0.39 is 106 Å². The quantitative estimate of drug-likeness (QED) is 0.0775. The Morgan fingerprint density at radius 2 is 0.677 bits per heavy atom. The van der Waals surface area contributed by atoms with Crippen molar-refractivity contribution in [3.8, 4) is 11.4 Å². The van der Waals surface area contributed by atoms with Crippen LogP contribution in [0.25, 0.3) is 11.4 Å². The summed E-state index contributed by atoms with van der Waals surface area (Å²) in [5, 5.41) is 37.7. The predicted octanol–water partition coefficient (Wildman–Crippen LogP) is 2.17. The number of benzene rings is 4. The second kappa shape index (κ2) is 21.5. The number of aromatic carboxylic acids is 2. The number of rotatable bonds is 12. The fraction of sp³-hybridized carbons (Fsp3) is 0. The number of carbonyl (C=O) groups is 2. The van der Waals surface area contributed by atoms with Gasteiger partial charge < -0.3 is 28.4 Å². The number of azo groups is 2. The van der Waals surface area contributed by atoms with Crippen LogP contribution in [0.3, 0.4) is 0 Å². The number of nitrogens with zero attached hydrogens (tertiary/aromatic N) is 6. The molecular formula is C32H20Cu3N8O18S4. The summed E-state index contributed by atoms with van der Waals surface area (Å²) in [6, 6.07) is 16.6. The average Bonchev–Trinajstić information content (AvgIpc) is 3.71. The number of H-pyrrole nitrogens is 2. The van der Waals surface area contributed by atoms with Gasteiger partial charge in [0.25, 0.3) is 11.1 Å². The zero-order valence-corrected chi connectivity index (χ0v) is 37.0. The van der Waals surface area contributed by atoms with Crippen LogP contribution in [0.5, 0.6) is 0 Å². The Balaban J connectivity index is 0.000000427. The summed E-state index contributed by atoms with van der Waals surface area (Å²) in [6.07, 6.45) is 0. The van der Waals surface area contributed by atoms with Gasteiger partial charge in [-0.3, -0.25) is 19.8 Å². The van der Waals surface area contributed by atoms with Gasteiger partial charge in [0.2, 0.25) is 0 Å². The SMILES string of the molecule is O=C(O)c1[nH]n(-c2ccc(S(=O)(=O)[O-])cc2)c(=O)c1N=Nc1ccc(S(=O)(=O)[O-])cc1.O=C(O)c1[nH]n(-c2ccc(S(=O)(=O)[O-])cc2)c(=O)c1N=Nc1ccc(S(=O)(=O)[O-])cc1.[Cu+2].[Cu+2].[Cu]. The van der Waals surface area contributed by atoms with Gasteiger partial charge in [-0.05, 0) is 97.1 Å². The van der Waals surface area contributed by atoms with Gasteiger partial charge in [0.1, 0.15) is 40.5 Å². The third kappa shape index (κ3) is 13.6. The predicted molar refractivity (Wildman–Crippen MR) is 200 cm³/mol. The third-order valence-electron chi connectivity index (χ3n) is 7.71. The van der Waals surface area contributed by atoms with E-state index in [1.165, 1.54) is 0 Å². The van der Waals surface area contributed by atoms with Crippen LogP contribution in [0.1, 0.15) is 21.0 Å². The van der Waals surface area contributed by atoms with E-state index in [1.807, 2.05) is 0 Å². The topological polar surface area (TPSA) is 428 Å². The van der Waals surface area contributed by atoms with E-state index in [-0.39, 0.29) is 74.0 Å². The molecule has 4 N–H and O–H groups in total. The Bertz CT molecular complexity index is 3150. The first-order valence-electron chi connectivity index (χ1n) is 16.0. The number of carboxylic acids is 2. The van der Waals surface area contributed by atoms with Crippen molar-refractivity contribution in [2.75, 3.05) is 0 Å². The Morgan fingerprint density at radius 3 is 0.892 bits per heavy atom. The molecule has 0 aliphatic heterocycles. The van der Waals surface area contributed by atoms with Crippen LogP contribution in [-0.4, -0.2) is 93.6 Å². The van der Waals surface area contributed by atoms with Crippen LogP contribution in [0.2, 0.25) is 0 Å². The van der Waals surface area contributed by atoms with Gasteiger partial charge in [0, 0.05) is 17.1 Å². The maximum atomic E-state index is 12.6. The molecule has 0 atom stereocenters. The minimum Gasteiger partial charge on any atom is -0.744 e. The molecule has 0 amide bonds. The second-order valence-electron chi connectivity index (χ2n) is 11.8. The second-order valence-corrected chi connectivity index (χ2v) is 17.3. The van der Waals surface area contributed by atoms with E-state index in [2.05, 4.69) is 30.7 Å². The van der Waals surface area contributed by atoms with Gasteiger partial charge in [-0.15, -0.1) is 10.2 Å². The van der Waals surface area contributed by atoms with E-state index in [0.717, 1.165) is 106 Å². The normalized spacial score (nSPS) is 11.8. The zero-order valence-electron chi connectivity index (χ0n) is 30.9. The summed E-state index contributed by atoms with van der Waals surface area (Å²) < 4.78 is 133. The number of hydrogen-bond acceptors (Lipinski definition) is 20. The summed E-state index contributed by atoms with van der Waals surface area (Å²) in [6.45, 7) is 0. The molecule has 26 nitrogen and oxygen atoms in total. The molecule has 0 saturated carbocycles. The first-order valence-corrected chi connectivity index (χ1v) is 21.6. The summed E-state index contributed by atoms with van der Waals surface area (Å²) in [5.41, 5.74) is -4.27. The Hall–Kier alpha value is -5.76. The first kappa shape index (κ1) is 55.4.